The number of methoxy groups -OCH3 is 1. The van der Waals surface area contributed by atoms with Gasteiger partial charge in [-0.3, -0.25) is 0 Å². The first-order chi connectivity index (χ1) is 7.27. The van der Waals surface area contributed by atoms with Gasteiger partial charge >= 0.3 is 0 Å². The highest BCUT2D eigenvalue weighted by Crippen LogP contribution is 2.22. The molecule has 0 fully saturated rings. The molecule has 15 heavy (non-hydrogen) atoms. The van der Waals surface area contributed by atoms with Gasteiger partial charge in [0.1, 0.15) is 5.02 Å². The average molecular weight is 227 g/mol. The summed E-state index contributed by atoms with van der Waals surface area (Å²) in [6.07, 6.45) is 6.80. The molecule has 0 amide bonds. The summed E-state index contributed by atoms with van der Waals surface area (Å²) >= 11 is 5.94. The third kappa shape index (κ3) is 3.90. The minimum absolute atomic E-state index is 0.462. The van der Waals surface area contributed by atoms with Gasteiger partial charge in [0, 0.05) is 6.20 Å². The normalized spacial score (nSPS) is 10.9. The van der Waals surface area contributed by atoms with Gasteiger partial charge in [-0.2, -0.15) is 0 Å². The van der Waals surface area contributed by atoms with Crippen LogP contribution in [0.1, 0.15) is 12.0 Å². The van der Waals surface area contributed by atoms with Crippen LogP contribution in [0.15, 0.2) is 18.3 Å². The quantitative estimate of drug-likeness (QED) is 0.783. The minimum Gasteiger partial charge on any atom is -0.480 e. The summed E-state index contributed by atoms with van der Waals surface area (Å²) in [4.78, 5) is 4.07. The molecule has 0 saturated carbocycles. The van der Waals surface area contributed by atoms with Crippen molar-refractivity contribution in [1.29, 1.82) is 0 Å². The van der Waals surface area contributed by atoms with E-state index in [0.29, 0.717) is 10.9 Å². The number of nitrogens with zero attached hydrogens (tertiary/aromatic N) is 1. The molecule has 0 aliphatic heterocycles. The van der Waals surface area contributed by atoms with Crippen LogP contribution in [0.3, 0.4) is 0 Å². The van der Waals surface area contributed by atoms with Crippen molar-refractivity contribution >= 4 is 17.7 Å². The zero-order chi connectivity index (χ0) is 11.1. The van der Waals surface area contributed by atoms with Gasteiger partial charge in [-0.1, -0.05) is 23.8 Å². The number of halogens is 1. The maximum atomic E-state index is 5.94. The van der Waals surface area contributed by atoms with Gasteiger partial charge < -0.3 is 10.1 Å². The van der Waals surface area contributed by atoms with Crippen molar-refractivity contribution in [3.8, 4) is 5.88 Å². The zero-order valence-corrected chi connectivity index (χ0v) is 9.71. The van der Waals surface area contributed by atoms with Crippen molar-refractivity contribution in [3.63, 3.8) is 0 Å². The number of nitrogens with one attached hydrogen (secondary N) is 1. The van der Waals surface area contributed by atoms with Crippen molar-refractivity contribution < 1.29 is 4.74 Å². The average Bonchev–Trinajstić information content (AvgIpc) is 2.25. The van der Waals surface area contributed by atoms with Gasteiger partial charge in [0.05, 0.1) is 7.11 Å². The SMILES string of the molecule is CNCCC=Cc1cnc(OC)c(Cl)c1. The summed E-state index contributed by atoms with van der Waals surface area (Å²) in [6, 6.07) is 1.84. The van der Waals surface area contributed by atoms with Crippen molar-refractivity contribution in [2.75, 3.05) is 20.7 Å². The maximum Gasteiger partial charge on any atom is 0.232 e. The number of aromatic nitrogens is 1. The van der Waals surface area contributed by atoms with Gasteiger partial charge in [-0.15, -0.1) is 0 Å². The molecule has 0 unspecified atom stereocenters. The highest BCUT2D eigenvalue weighted by atomic mass is 35.5. The van der Waals surface area contributed by atoms with Crippen molar-refractivity contribution in [2.24, 2.45) is 0 Å². The van der Waals surface area contributed by atoms with E-state index in [-0.39, 0.29) is 0 Å². The van der Waals surface area contributed by atoms with Crippen LogP contribution in [0.4, 0.5) is 0 Å². The first-order valence-corrected chi connectivity index (χ1v) is 5.16. The van der Waals surface area contributed by atoms with E-state index in [1.54, 1.807) is 13.3 Å². The van der Waals surface area contributed by atoms with Crippen LogP contribution in [0.25, 0.3) is 6.08 Å². The Balaban J connectivity index is 2.63. The third-order valence-electron chi connectivity index (χ3n) is 1.89. The van der Waals surface area contributed by atoms with Crippen LogP contribution >= 0.6 is 11.6 Å². The van der Waals surface area contributed by atoms with Crippen LogP contribution in [-0.2, 0) is 0 Å². The smallest absolute Gasteiger partial charge is 0.232 e. The lowest BCUT2D eigenvalue weighted by atomic mass is 10.2. The molecule has 0 aromatic carbocycles. The van der Waals surface area contributed by atoms with Crippen LogP contribution in [0.5, 0.6) is 5.88 Å². The summed E-state index contributed by atoms with van der Waals surface area (Å²) in [5, 5.41) is 3.61. The monoisotopic (exact) mass is 226 g/mol. The molecule has 3 nitrogen and oxygen atoms in total. The topological polar surface area (TPSA) is 34.2 Å². The van der Waals surface area contributed by atoms with Crippen LogP contribution in [0, 0.1) is 0 Å². The van der Waals surface area contributed by atoms with E-state index in [1.807, 2.05) is 19.2 Å². The number of ether oxygens (including phenoxy) is 1. The van der Waals surface area contributed by atoms with Crippen molar-refractivity contribution in [2.45, 2.75) is 6.42 Å². The predicted octanol–water partition coefficient (Wildman–Crippen LogP) is 2.37. The Bertz CT molecular complexity index is 339. The van der Waals surface area contributed by atoms with Crippen LogP contribution in [-0.4, -0.2) is 25.7 Å². The molecule has 0 aliphatic rings. The lowest BCUT2D eigenvalue weighted by Crippen LogP contribution is -2.05. The summed E-state index contributed by atoms with van der Waals surface area (Å²) in [7, 11) is 3.48. The Morgan fingerprint density at radius 1 is 1.60 bits per heavy atom. The van der Waals surface area contributed by atoms with E-state index >= 15 is 0 Å². The fourth-order valence-electron chi connectivity index (χ4n) is 1.13. The largest absolute Gasteiger partial charge is 0.480 e. The molecule has 4 heteroatoms. The highest BCUT2D eigenvalue weighted by Gasteiger charge is 2.00. The molecule has 82 valence electrons. The van der Waals surface area contributed by atoms with Gasteiger partial charge in [0.2, 0.25) is 5.88 Å². The van der Waals surface area contributed by atoms with Gasteiger partial charge in [-0.05, 0) is 31.6 Å². The van der Waals surface area contributed by atoms with E-state index < -0.39 is 0 Å². The summed E-state index contributed by atoms with van der Waals surface area (Å²) < 4.78 is 4.97. The van der Waals surface area contributed by atoms with Gasteiger partial charge in [0.15, 0.2) is 0 Å². The first kappa shape index (κ1) is 12.0. The molecular formula is C11H15ClN2O. The molecule has 0 aliphatic carbocycles. The van der Waals surface area contributed by atoms with E-state index in [0.717, 1.165) is 18.5 Å². The fraction of sp³-hybridized carbons (Fsp3) is 0.364. The highest BCUT2D eigenvalue weighted by molar-refractivity contribution is 6.31. The third-order valence-corrected chi connectivity index (χ3v) is 2.16. The molecule has 1 aromatic rings. The predicted molar refractivity (Wildman–Crippen MR) is 63.4 cm³/mol. The number of hydrogen-bond acceptors (Lipinski definition) is 3. The molecule has 1 N–H and O–H groups in total. The molecule has 0 saturated heterocycles. The second-order valence-electron chi connectivity index (χ2n) is 3.05. The van der Waals surface area contributed by atoms with E-state index in [2.05, 4.69) is 16.4 Å². The molecule has 0 bridgehead atoms. The van der Waals surface area contributed by atoms with Gasteiger partial charge in [0.25, 0.3) is 0 Å². The van der Waals surface area contributed by atoms with E-state index in [4.69, 9.17) is 16.3 Å². The molecule has 1 aromatic heterocycles. The van der Waals surface area contributed by atoms with Crippen LogP contribution < -0.4 is 10.1 Å². The number of pyridine rings is 1. The maximum absolute atomic E-state index is 5.94. The summed E-state index contributed by atoms with van der Waals surface area (Å²) in [6.45, 7) is 0.966. The minimum atomic E-state index is 0.462. The van der Waals surface area contributed by atoms with Crippen molar-refractivity contribution in [3.05, 3.63) is 28.9 Å². The standard InChI is InChI=1S/C11H15ClN2O/c1-13-6-4-3-5-9-7-10(12)11(15-2)14-8-9/h3,5,7-8,13H,4,6H2,1-2H3. The Hall–Kier alpha value is -1.06. The number of hydrogen-bond donors (Lipinski definition) is 1. The lowest BCUT2D eigenvalue weighted by Gasteiger charge is -2.01. The molecule has 0 spiro atoms. The van der Waals surface area contributed by atoms with Crippen molar-refractivity contribution in [1.82, 2.24) is 10.3 Å². The first-order valence-electron chi connectivity index (χ1n) is 4.78. The Kier molecular flexibility index (Phi) is 5.15. The Morgan fingerprint density at radius 2 is 2.40 bits per heavy atom. The lowest BCUT2D eigenvalue weighted by molar-refractivity contribution is 0.398. The summed E-state index contributed by atoms with van der Waals surface area (Å²) in [5.74, 6) is 0.462. The molecule has 0 atom stereocenters. The van der Waals surface area contributed by atoms with E-state index in [9.17, 15) is 0 Å². The second kappa shape index (κ2) is 6.43. The Morgan fingerprint density at radius 3 is 3.00 bits per heavy atom. The molecule has 0 radical (unpaired) electrons. The fourth-order valence-corrected chi connectivity index (χ4v) is 1.38. The number of rotatable bonds is 5. The Labute approximate surface area is 95.1 Å². The molecular weight excluding hydrogens is 212 g/mol. The zero-order valence-electron chi connectivity index (χ0n) is 8.96. The second-order valence-corrected chi connectivity index (χ2v) is 3.46. The van der Waals surface area contributed by atoms with Crippen LogP contribution in [0.2, 0.25) is 5.02 Å². The van der Waals surface area contributed by atoms with E-state index in [1.165, 1.54) is 0 Å². The summed E-state index contributed by atoms with van der Waals surface area (Å²) in [5.41, 5.74) is 0.983. The molecule has 1 rings (SSSR count). The molecule has 1 heterocycles. The van der Waals surface area contributed by atoms with Gasteiger partial charge in [-0.25, -0.2) is 4.98 Å².